The second-order valence-electron chi connectivity index (χ2n) is 4.60. The number of hydrogen-bond acceptors (Lipinski definition) is 6. The highest BCUT2D eigenvalue weighted by Crippen LogP contribution is 2.18. The van der Waals surface area contributed by atoms with Gasteiger partial charge in [0.25, 0.3) is 0 Å². The number of rotatable bonds is 6. The van der Waals surface area contributed by atoms with Crippen molar-refractivity contribution in [3.05, 3.63) is 24.0 Å². The van der Waals surface area contributed by atoms with Gasteiger partial charge < -0.3 is 15.2 Å². The van der Waals surface area contributed by atoms with Crippen molar-refractivity contribution in [2.24, 2.45) is 7.05 Å². The maximum Gasteiger partial charge on any atom is 0.154 e. The lowest BCUT2D eigenvalue weighted by molar-refractivity contribution is 0.715. The number of nitrogens with one attached hydrogen (secondary N) is 2. The van der Waals surface area contributed by atoms with Gasteiger partial charge in [0.2, 0.25) is 0 Å². The summed E-state index contributed by atoms with van der Waals surface area (Å²) in [5, 5.41) is 14.6. The highest BCUT2D eigenvalue weighted by atomic mass is 15.3. The van der Waals surface area contributed by atoms with Crippen molar-refractivity contribution in [3.63, 3.8) is 0 Å². The molecule has 0 aliphatic heterocycles. The summed E-state index contributed by atoms with van der Waals surface area (Å²) in [5.41, 5.74) is 0. The van der Waals surface area contributed by atoms with Crippen LogP contribution in [-0.2, 0) is 13.5 Å². The van der Waals surface area contributed by atoms with Crippen LogP contribution in [0.15, 0.2) is 12.4 Å². The first kappa shape index (κ1) is 14.2. The maximum atomic E-state index is 4.49. The van der Waals surface area contributed by atoms with Crippen LogP contribution in [0.4, 0.5) is 11.6 Å². The standard InChI is InChI=1S/C13H21N7/c1-5-10-17-11(14-6-2)7-12(18-10)16-9(3)13-19-15-8-20(13)4/h7-9H,5-6H2,1-4H3,(H2,14,16,17,18). The van der Waals surface area contributed by atoms with Gasteiger partial charge in [0.15, 0.2) is 5.82 Å². The van der Waals surface area contributed by atoms with E-state index in [1.54, 1.807) is 6.33 Å². The molecule has 1 unspecified atom stereocenters. The van der Waals surface area contributed by atoms with E-state index in [0.29, 0.717) is 0 Å². The fraction of sp³-hybridized carbons (Fsp3) is 0.538. The predicted octanol–water partition coefficient (Wildman–Crippen LogP) is 1.77. The third kappa shape index (κ3) is 3.23. The van der Waals surface area contributed by atoms with Crippen LogP contribution in [0.3, 0.4) is 0 Å². The van der Waals surface area contributed by atoms with Crippen molar-refractivity contribution < 1.29 is 0 Å². The van der Waals surface area contributed by atoms with Gasteiger partial charge in [0, 0.05) is 26.1 Å². The molecule has 0 aromatic carbocycles. The van der Waals surface area contributed by atoms with Gasteiger partial charge in [0.1, 0.15) is 23.8 Å². The number of anilines is 2. The van der Waals surface area contributed by atoms with Gasteiger partial charge in [-0.25, -0.2) is 9.97 Å². The molecule has 20 heavy (non-hydrogen) atoms. The largest absolute Gasteiger partial charge is 0.370 e. The lowest BCUT2D eigenvalue weighted by atomic mass is 10.3. The summed E-state index contributed by atoms with van der Waals surface area (Å²) in [5.74, 6) is 3.32. The van der Waals surface area contributed by atoms with Crippen molar-refractivity contribution >= 4 is 11.6 Å². The third-order valence-corrected chi connectivity index (χ3v) is 2.94. The van der Waals surface area contributed by atoms with Crippen molar-refractivity contribution in [3.8, 4) is 0 Å². The molecule has 7 nitrogen and oxygen atoms in total. The average Bonchev–Trinajstić information content (AvgIpc) is 2.85. The first-order valence-corrected chi connectivity index (χ1v) is 6.86. The van der Waals surface area contributed by atoms with Crippen LogP contribution in [0, 0.1) is 0 Å². The van der Waals surface area contributed by atoms with E-state index in [1.165, 1.54) is 0 Å². The zero-order valence-corrected chi connectivity index (χ0v) is 12.4. The van der Waals surface area contributed by atoms with Crippen molar-refractivity contribution in [2.45, 2.75) is 33.2 Å². The van der Waals surface area contributed by atoms with E-state index >= 15 is 0 Å². The SMILES string of the molecule is CCNc1cc(NC(C)c2nncn2C)nc(CC)n1. The molecule has 0 spiro atoms. The van der Waals surface area contributed by atoms with E-state index in [0.717, 1.165) is 36.3 Å². The topological polar surface area (TPSA) is 80.5 Å². The Bertz CT molecular complexity index is 564. The summed E-state index contributed by atoms with van der Waals surface area (Å²) in [6, 6.07) is 1.94. The maximum absolute atomic E-state index is 4.49. The molecule has 2 N–H and O–H groups in total. The van der Waals surface area contributed by atoms with Crippen LogP contribution in [0.2, 0.25) is 0 Å². The van der Waals surface area contributed by atoms with Crippen molar-refractivity contribution in [1.29, 1.82) is 0 Å². The lowest BCUT2D eigenvalue weighted by Gasteiger charge is -2.15. The summed E-state index contributed by atoms with van der Waals surface area (Å²) in [6.45, 7) is 6.95. The Labute approximate surface area is 118 Å². The van der Waals surface area contributed by atoms with Gasteiger partial charge in [-0.05, 0) is 13.8 Å². The Kier molecular flexibility index (Phi) is 4.49. The van der Waals surface area contributed by atoms with Crippen LogP contribution < -0.4 is 10.6 Å². The molecule has 0 radical (unpaired) electrons. The Balaban J connectivity index is 2.19. The number of aromatic nitrogens is 5. The Morgan fingerprint density at radius 3 is 2.60 bits per heavy atom. The molecule has 0 saturated carbocycles. The van der Waals surface area contributed by atoms with E-state index in [9.17, 15) is 0 Å². The highest BCUT2D eigenvalue weighted by Gasteiger charge is 2.12. The summed E-state index contributed by atoms with van der Waals surface area (Å²) in [7, 11) is 1.93. The third-order valence-electron chi connectivity index (χ3n) is 2.94. The summed E-state index contributed by atoms with van der Waals surface area (Å²) < 4.78 is 1.89. The Morgan fingerprint density at radius 2 is 2.00 bits per heavy atom. The molecule has 2 rings (SSSR count). The van der Waals surface area contributed by atoms with Gasteiger partial charge in [-0.15, -0.1) is 10.2 Å². The van der Waals surface area contributed by atoms with E-state index in [1.807, 2.05) is 38.5 Å². The monoisotopic (exact) mass is 275 g/mol. The lowest BCUT2D eigenvalue weighted by Crippen LogP contribution is -2.14. The smallest absolute Gasteiger partial charge is 0.154 e. The molecule has 0 aliphatic carbocycles. The Morgan fingerprint density at radius 1 is 1.25 bits per heavy atom. The van der Waals surface area contributed by atoms with Gasteiger partial charge in [0.05, 0.1) is 6.04 Å². The summed E-state index contributed by atoms with van der Waals surface area (Å²) >= 11 is 0. The second-order valence-corrected chi connectivity index (χ2v) is 4.60. The zero-order valence-electron chi connectivity index (χ0n) is 12.4. The number of hydrogen-bond donors (Lipinski definition) is 2. The molecule has 108 valence electrons. The first-order valence-electron chi connectivity index (χ1n) is 6.86. The van der Waals surface area contributed by atoms with Crippen molar-refractivity contribution in [2.75, 3.05) is 17.2 Å². The second kappa shape index (κ2) is 6.31. The quantitative estimate of drug-likeness (QED) is 0.836. The minimum atomic E-state index is 0.0246. The molecule has 2 aromatic heterocycles. The summed E-state index contributed by atoms with van der Waals surface area (Å²) in [6.07, 6.45) is 2.49. The minimum Gasteiger partial charge on any atom is -0.370 e. The van der Waals surface area contributed by atoms with E-state index < -0.39 is 0 Å². The fourth-order valence-corrected chi connectivity index (χ4v) is 1.97. The molecule has 0 bridgehead atoms. The molecule has 1 atom stereocenters. The highest BCUT2D eigenvalue weighted by molar-refractivity contribution is 5.48. The normalized spacial score (nSPS) is 12.2. The number of nitrogens with zero attached hydrogens (tertiary/aromatic N) is 5. The molecule has 2 aromatic rings. The van der Waals surface area contributed by atoms with Gasteiger partial charge >= 0.3 is 0 Å². The van der Waals surface area contributed by atoms with Crippen LogP contribution in [0.25, 0.3) is 0 Å². The summed E-state index contributed by atoms with van der Waals surface area (Å²) in [4.78, 5) is 8.93. The van der Waals surface area contributed by atoms with E-state index in [4.69, 9.17) is 0 Å². The van der Waals surface area contributed by atoms with Crippen LogP contribution in [0.5, 0.6) is 0 Å². The first-order chi connectivity index (χ1) is 9.63. The molecule has 7 heteroatoms. The fourth-order valence-electron chi connectivity index (χ4n) is 1.97. The molecular weight excluding hydrogens is 254 g/mol. The Hall–Kier alpha value is -2.18. The van der Waals surface area contributed by atoms with Crippen molar-refractivity contribution in [1.82, 2.24) is 24.7 Å². The predicted molar refractivity (Wildman–Crippen MR) is 78.6 cm³/mol. The van der Waals surface area contributed by atoms with Crippen LogP contribution in [0.1, 0.15) is 38.5 Å². The molecule has 0 amide bonds. The van der Waals surface area contributed by atoms with Gasteiger partial charge in [-0.1, -0.05) is 6.92 Å². The van der Waals surface area contributed by atoms with E-state index in [2.05, 4.69) is 30.8 Å². The molecule has 0 aliphatic rings. The van der Waals surface area contributed by atoms with Gasteiger partial charge in [-0.2, -0.15) is 0 Å². The zero-order chi connectivity index (χ0) is 14.5. The van der Waals surface area contributed by atoms with E-state index in [-0.39, 0.29) is 6.04 Å². The molecule has 0 saturated heterocycles. The number of aryl methyl sites for hydroxylation is 2. The molecule has 0 fully saturated rings. The average molecular weight is 275 g/mol. The van der Waals surface area contributed by atoms with Crippen LogP contribution in [-0.4, -0.2) is 31.3 Å². The minimum absolute atomic E-state index is 0.0246. The molecular formula is C13H21N7. The van der Waals surface area contributed by atoms with Gasteiger partial charge in [-0.3, -0.25) is 0 Å². The molecule has 2 heterocycles. The van der Waals surface area contributed by atoms with Crippen LogP contribution >= 0.6 is 0 Å².